The maximum Gasteiger partial charge on any atom is 0.462 e. The fourth-order valence-corrected chi connectivity index (χ4v) is 3.39. The Morgan fingerprint density at radius 1 is 1.00 bits per heavy atom. The Balaban J connectivity index is 2.22. The van der Waals surface area contributed by atoms with Crippen LogP contribution in [0.25, 0.3) is 0 Å². The van der Waals surface area contributed by atoms with E-state index in [1.54, 1.807) is 25.1 Å². The van der Waals surface area contributed by atoms with Gasteiger partial charge in [0.15, 0.2) is 11.5 Å². The van der Waals surface area contributed by atoms with Gasteiger partial charge >= 0.3 is 18.1 Å². The second-order valence-electron chi connectivity index (χ2n) is 6.32. The van der Waals surface area contributed by atoms with Crippen LogP contribution >= 0.6 is 45.8 Å². The molecule has 0 spiro atoms. The van der Waals surface area contributed by atoms with Gasteiger partial charge in [0.25, 0.3) is 0 Å². The van der Waals surface area contributed by atoms with Gasteiger partial charge in [-0.3, -0.25) is 0 Å². The van der Waals surface area contributed by atoms with Gasteiger partial charge in [-0.05, 0) is 64.9 Å². The Bertz CT molecular complexity index is 1020. The normalized spacial score (nSPS) is 12.8. The molecule has 2 aromatic carbocycles. The third kappa shape index (κ3) is 6.69. The summed E-state index contributed by atoms with van der Waals surface area (Å²) in [6.07, 6.45) is -5.82. The van der Waals surface area contributed by atoms with Crippen LogP contribution < -0.4 is 14.9 Å². The van der Waals surface area contributed by atoms with Crippen molar-refractivity contribution < 1.29 is 40.2 Å². The molecule has 0 saturated heterocycles. The zero-order valence-corrected chi connectivity index (χ0v) is 20.1. The standard InChI is InChI=1S/C19H14Cl2F7IN2O2/c1-2-32-15-7-11(8-30-31-19(27,28)17(22,23)18(24,25)26)6-14(29)16(15)33-9-10-3-4-12(20)13(21)5-10/h3-8,31H,2,9H2,1H3/b30-8-. The van der Waals surface area contributed by atoms with E-state index in [9.17, 15) is 30.7 Å². The van der Waals surface area contributed by atoms with Crippen LogP contribution in [0.5, 0.6) is 11.5 Å². The third-order valence-corrected chi connectivity index (χ3v) is 5.41. The van der Waals surface area contributed by atoms with Gasteiger partial charge in [-0.2, -0.15) is 35.8 Å². The van der Waals surface area contributed by atoms with Gasteiger partial charge < -0.3 is 9.47 Å². The van der Waals surface area contributed by atoms with Crippen LogP contribution in [-0.2, 0) is 6.61 Å². The molecule has 33 heavy (non-hydrogen) atoms. The van der Waals surface area contributed by atoms with Gasteiger partial charge in [-0.15, -0.1) is 0 Å². The average Bonchev–Trinajstić information content (AvgIpc) is 2.69. The van der Waals surface area contributed by atoms with Crippen molar-refractivity contribution in [2.24, 2.45) is 5.10 Å². The van der Waals surface area contributed by atoms with Crippen molar-refractivity contribution in [3.63, 3.8) is 0 Å². The van der Waals surface area contributed by atoms with E-state index in [4.69, 9.17) is 32.7 Å². The number of nitrogens with one attached hydrogen (secondary N) is 1. The van der Waals surface area contributed by atoms with E-state index in [1.807, 2.05) is 22.6 Å². The SMILES string of the molecule is CCOc1cc(/C=N\NC(F)(F)C(F)(F)C(F)(F)F)cc(I)c1OCc1ccc(Cl)c(Cl)c1. The topological polar surface area (TPSA) is 42.8 Å². The third-order valence-electron chi connectivity index (χ3n) is 3.87. The zero-order valence-electron chi connectivity index (χ0n) is 16.4. The molecule has 0 radical (unpaired) electrons. The van der Waals surface area contributed by atoms with Gasteiger partial charge in [0.1, 0.15) is 6.61 Å². The number of hydrogen-bond acceptors (Lipinski definition) is 4. The molecule has 182 valence electrons. The minimum absolute atomic E-state index is 0.0701. The number of benzene rings is 2. The van der Waals surface area contributed by atoms with E-state index in [0.29, 0.717) is 30.8 Å². The van der Waals surface area contributed by atoms with Crippen molar-refractivity contribution in [3.8, 4) is 11.5 Å². The average molecular weight is 633 g/mol. The van der Waals surface area contributed by atoms with E-state index in [0.717, 1.165) is 0 Å². The minimum atomic E-state index is -6.47. The molecule has 0 fully saturated rings. The summed E-state index contributed by atoms with van der Waals surface area (Å²) in [5.41, 5.74) is 1.32. The summed E-state index contributed by atoms with van der Waals surface area (Å²) in [6.45, 7) is 1.92. The van der Waals surface area contributed by atoms with Crippen molar-refractivity contribution in [2.45, 2.75) is 31.7 Å². The molecule has 2 aromatic rings. The monoisotopic (exact) mass is 632 g/mol. The molecule has 0 heterocycles. The Labute approximate surface area is 207 Å². The number of ether oxygens (including phenoxy) is 2. The number of alkyl halides is 7. The van der Waals surface area contributed by atoms with Crippen molar-refractivity contribution in [1.29, 1.82) is 0 Å². The Morgan fingerprint density at radius 3 is 2.24 bits per heavy atom. The van der Waals surface area contributed by atoms with Crippen LogP contribution in [0.1, 0.15) is 18.1 Å². The fourth-order valence-electron chi connectivity index (χ4n) is 2.29. The summed E-state index contributed by atoms with van der Waals surface area (Å²) >= 11 is 13.7. The Kier molecular flexibility index (Phi) is 8.96. The molecule has 0 aliphatic carbocycles. The molecule has 4 nitrogen and oxygen atoms in total. The molecule has 1 N–H and O–H groups in total. The lowest BCUT2D eigenvalue weighted by molar-refractivity contribution is -0.361. The van der Waals surface area contributed by atoms with Crippen LogP contribution in [0.3, 0.4) is 0 Å². The minimum Gasteiger partial charge on any atom is -0.490 e. The summed E-state index contributed by atoms with van der Waals surface area (Å²) in [5, 5.41) is 3.53. The maximum atomic E-state index is 13.3. The van der Waals surface area contributed by atoms with Gasteiger partial charge in [-0.25, -0.2) is 5.43 Å². The van der Waals surface area contributed by atoms with Crippen LogP contribution in [0, 0.1) is 3.57 Å². The summed E-state index contributed by atoms with van der Waals surface area (Å²) in [7, 11) is 0. The predicted molar refractivity (Wildman–Crippen MR) is 118 cm³/mol. The number of rotatable bonds is 9. The highest BCUT2D eigenvalue weighted by Gasteiger charge is 2.73. The first-order valence-electron chi connectivity index (χ1n) is 8.85. The van der Waals surface area contributed by atoms with Crippen molar-refractivity contribution in [1.82, 2.24) is 5.43 Å². The van der Waals surface area contributed by atoms with E-state index in [-0.39, 0.29) is 30.3 Å². The predicted octanol–water partition coefficient (Wildman–Crippen LogP) is 7.29. The molecular weight excluding hydrogens is 619 g/mol. The zero-order chi connectivity index (χ0) is 25.0. The molecule has 0 bridgehead atoms. The number of hydrogen-bond donors (Lipinski definition) is 1. The number of halogens is 10. The first kappa shape index (κ1) is 27.6. The highest BCUT2D eigenvalue weighted by molar-refractivity contribution is 14.1. The summed E-state index contributed by atoms with van der Waals surface area (Å²) in [6, 6.07) is 1.87. The van der Waals surface area contributed by atoms with E-state index in [2.05, 4.69) is 5.10 Å². The largest absolute Gasteiger partial charge is 0.490 e. The van der Waals surface area contributed by atoms with Crippen LogP contribution in [0.2, 0.25) is 10.0 Å². The molecule has 0 unspecified atom stereocenters. The first-order chi connectivity index (χ1) is 15.2. The summed E-state index contributed by atoms with van der Waals surface area (Å²) in [4.78, 5) is 0. The number of hydrazone groups is 1. The van der Waals surface area contributed by atoms with Crippen LogP contribution in [0.15, 0.2) is 35.4 Å². The second kappa shape index (κ2) is 10.7. The van der Waals surface area contributed by atoms with Gasteiger partial charge in [0, 0.05) is 0 Å². The lowest BCUT2D eigenvalue weighted by Crippen LogP contribution is -2.58. The van der Waals surface area contributed by atoms with Gasteiger partial charge in [0.05, 0.1) is 26.4 Å². The molecular formula is C19H14Cl2F7IN2O2. The molecule has 0 aliphatic heterocycles. The molecule has 0 atom stereocenters. The highest BCUT2D eigenvalue weighted by atomic mass is 127. The molecule has 0 amide bonds. The van der Waals surface area contributed by atoms with Crippen LogP contribution in [0.4, 0.5) is 30.7 Å². The lowest BCUT2D eigenvalue weighted by atomic mass is 10.2. The van der Waals surface area contributed by atoms with E-state index in [1.165, 1.54) is 12.1 Å². The first-order valence-corrected chi connectivity index (χ1v) is 10.7. The molecule has 0 saturated carbocycles. The summed E-state index contributed by atoms with van der Waals surface area (Å²) in [5.74, 6) is -5.88. The van der Waals surface area contributed by atoms with Gasteiger partial charge in [-0.1, -0.05) is 29.3 Å². The Hall–Kier alpha value is -1.67. The van der Waals surface area contributed by atoms with Gasteiger partial charge in [0.2, 0.25) is 0 Å². The van der Waals surface area contributed by atoms with Crippen molar-refractivity contribution in [3.05, 3.63) is 55.1 Å². The highest BCUT2D eigenvalue weighted by Crippen LogP contribution is 2.45. The summed E-state index contributed by atoms with van der Waals surface area (Å²) < 4.78 is 101. The molecule has 0 aliphatic rings. The molecule has 2 rings (SSSR count). The quantitative estimate of drug-likeness (QED) is 0.104. The van der Waals surface area contributed by atoms with E-state index < -0.39 is 18.1 Å². The van der Waals surface area contributed by atoms with E-state index >= 15 is 0 Å². The molecule has 14 heteroatoms. The number of nitrogens with zero attached hydrogens (tertiary/aromatic N) is 1. The maximum absolute atomic E-state index is 13.3. The van der Waals surface area contributed by atoms with Crippen LogP contribution in [-0.4, -0.2) is 31.0 Å². The Morgan fingerprint density at radius 2 is 1.67 bits per heavy atom. The lowest BCUT2D eigenvalue weighted by Gasteiger charge is -2.27. The second-order valence-corrected chi connectivity index (χ2v) is 8.29. The van der Waals surface area contributed by atoms with Crippen molar-refractivity contribution >= 4 is 52.0 Å². The van der Waals surface area contributed by atoms with Crippen molar-refractivity contribution in [2.75, 3.05) is 6.61 Å². The molecule has 0 aromatic heterocycles. The fraction of sp³-hybridized carbons (Fsp3) is 0.316. The smallest absolute Gasteiger partial charge is 0.462 e.